The van der Waals surface area contributed by atoms with Crippen molar-refractivity contribution in [2.45, 2.75) is 0 Å². The van der Waals surface area contributed by atoms with E-state index < -0.39 is 18.3 Å². The molecule has 0 unspecified atom stereocenters. The van der Waals surface area contributed by atoms with E-state index in [1.54, 1.807) is 0 Å². The molecular weight excluding hydrogens is 220 g/mol. The predicted molar refractivity (Wildman–Crippen MR) is 33.1 cm³/mol. The van der Waals surface area contributed by atoms with E-state index >= 15 is 0 Å². The van der Waals surface area contributed by atoms with Crippen molar-refractivity contribution in [2.24, 2.45) is 0 Å². The van der Waals surface area contributed by atoms with Gasteiger partial charge in [0.2, 0.25) is 0 Å². The molecule has 0 saturated heterocycles. The molecule has 0 rings (SSSR count). The Hall–Kier alpha value is 0.414. The van der Waals surface area contributed by atoms with E-state index in [0.717, 1.165) is 0 Å². The summed E-state index contributed by atoms with van der Waals surface area (Å²) in [4.78, 5) is 31.4. The quantitative estimate of drug-likeness (QED) is 0.298. The van der Waals surface area contributed by atoms with Gasteiger partial charge in [-0.25, -0.2) is 0 Å². The summed E-state index contributed by atoms with van der Waals surface area (Å²) in [5.74, 6) is 0. The van der Waals surface area contributed by atoms with Crippen molar-refractivity contribution >= 4 is 56.1 Å². The van der Waals surface area contributed by atoms with Gasteiger partial charge < -0.3 is 35.9 Å². The Kier molecular flexibility index (Phi) is 61.4. The Labute approximate surface area is 95.8 Å². The number of hydrogen-bond donors (Lipinski definition) is 4. The second kappa shape index (κ2) is 22.4. The first-order valence-electron chi connectivity index (χ1n) is 1.26. The summed E-state index contributed by atoms with van der Waals surface area (Å²) in [5.41, 5.74) is 0. The molecule has 0 aromatic rings. The van der Waals surface area contributed by atoms with Crippen LogP contribution in [0.15, 0.2) is 0 Å². The molecule has 11 heteroatoms. The molecule has 11 heavy (non-hydrogen) atoms. The SMILES string of the molecule is N.N.O=[Si](O)O.O=[Si]([O-])[O-].[Ca+2]. The maximum absolute atomic E-state index is 8.74. The zero-order valence-corrected chi connectivity index (χ0v) is 9.86. The summed E-state index contributed by atoms with van der Waals surface area (Å²) in [5, 5.41) is 0. The average Bonchev–Trinajstić information content (AvgIpc) is 1.25. The van der Waals surface area contributed by atoms with Crippen LogP contribution in [0.4, 0.5) is 0 Å². The number of hydrogen-bond acceptors (Lipinski definition) is 6. The van der Waals surface area contributed by atoms with Gasteiger partial charge in [0, 0.05) is 9.17 Å². The van der Waals surface area contributed by atoms with Crippen LogP contribution in [0.2, 0.25) is 0 Å². The second-order valence-corrected chi connectivity index (χ2v) is 1.60. The van der Waals surface area contributed by atoms with Crippen LogP contribution >= 0.6 is 0 Å². The molecule has 8 N–H and O–H groups in total. The minimum absolute atomic E-state index is 0. The average molecular weight is 228 g/mol. The topological polar surface area (TPSA) is 191 Å². The summed E-state index contributed by atoms with van der Waals surface area (Å²) < 4.78 is 17.3. The van der Waals surface area contributed by atoms with Gasteiger partial charge in [-0.1, -0.05) is 0 Å². The summed E-state index contributed by atoms with van der Waals surface area (Å²) in [7, 11) is -6.76. The maximum Gasteiger partial charge on any atom is 2.00 e. The van der Waals surface area contributed by atoms with Crippen LogP contribution in [-0.4, -0.2) is 65.7 Å². The van der Waals surface area contributed by atoms with Gasteiger partial charge in [-0.2, -0.15) is 0 Å². The zero-order chi connectivity index (χ0) is 7.15. The fraction of sp³-hybridized carbons (Fsp3) is 0. The third kappa shape index (κ3) is 4310. The molecule has 0 bridgehead atoms. The summed E-state index contributed by atoms with van der Waals surface area (Å²) in [6.07, 6.45) is 0. The molecule has 0 spiro atoms. The largest absolute Gasteiger partial charge is 2.00 e. The summed E-state index contributed by atoms with van der Waals surface area (Å²) >= 11 is 0. The first-order chi connectivity index (χ1) is 3.46. The monoisotopic (exact) mass is 228 g/mol. The number of rotatable bonds is 0. The van der Waals surface area contributed by atoms with Crippen molar-refractivity contribution in [2.75, 3.05) is 0 Å². The van der Waals surface area contributed by atoms with Gasteiger partial charge in [-0.05, 0) is 0 Å². The first kappa shape index (κ1) is 30.1. The summed E-state index contributed by atoms with van der Waals surface area (Å²) in [6, 6.07) is 0. The van der Waals surface area contributed by atoms with Crippen molar-refractivity contribution < 1.29 is 28.1 Å². The fourth-order valence-electron chi connectivity index (χ4n) is 0. The van der Waals surface area contributed by atoms with Crippen LogP contribution in [0.25, 0.3) is 0 Å². The third-order valence-corrected chi connectivity index (χ3v) is 0. The standard InChI is InChI=1S/Ca.2H3N.H2O3Si.O3Si/c;;;2*1-4(2)3/h;2*1H3;1-2H;/q+2;;;;-2. The van der Waals surface area contributed by atoms with Gasteiger partial charge >= 0.3 is 46.9 Å². The molecule has 0 aromatic carbocycles. The van der Waals surface area contributed by atoms with Gasteiger partial charge in [-0.15, -0.1) is 0 Å². The van der Waals surface area contributed by atoms with Crippen molar-refractivity contribution in [3.63, 3.8) is 0 Å². The van der Waals surface area contributed by atoms with Crippen LogP contribution < -0.4 is 21.9 Å². The molecule has 0 aliphatic rings. The third-order valence-electron chi connectivity index (χ3n) is 0. The minimum Gasteiger partial charge on any atom is -0.672 e. The first-order valence-corrected chi connectivity index (χ1v) is 3.79. The van der Waals surface area contributed by atoms with Crippen molar-refractivity contribution in [3.05, 3.63) is 0 Å². The van der Waals surface area contributed by atoms with E-state index in [9.17, 15) is 0 Å². The van der Waals surface area contributed by atoms with E-state index in [1.165, 1.54) is 0 Å². The normalized spacial score (nSPS) is 4.36. The Morgan fingerprint density at radius 1 is 1.00 bits per heavy atom. The van der Waals surface area contributed by atoms with E-state index in [0.29, 0.717) is 0 Å². The Balaban J connectivity index is -0.0000000171. The van der Waals surface area contributed by atoms with Crippen molar-refractivity contribution in [1.29, 1.82) is 0 Å². The van der Waals surface area contributed by atoms with Gasteiger partial charge in [0.25, 0.3) is 0 Å². The van der Waals surface area contributed by atoms with Crippen LogP contribution in [0, 0.1) is 0 Å². The molecule has 0 heterocycles. The Morgan fingerprint density at radius 3 is 1.00 bits per heavy atom. The predicted octanol–water partition coefficient (Wildman–Crippen LogP) is -4.55. The summed E-state index contributed by atoms with van der Waals surface area (Å²) in [6.45, 7) is 0. The maximum atomic E-state index is 8.74. The van der Waals surface area contributed by atoms with Gasteiger partial charge in [0.1, 0.15) is 0 Å². The molecule has 0 aromatic heterocycles. The van der Waals surface area contributed by atoms with Gasteiger partial charge in [0.05, 0.1) is 0 Å². The molecule has 8 nitrogen and oxygen atoms in total. The molecule has 0 fully saturated rings. The molecular formula is H8CaN2O6Si2. The van der Waals surface area contributed by atoms with Crippen LogP contribution in [0.1, 0.15) is 0 Å². The van der Waals surface area contributed by atoms with Gasteiger partial charge in [-0.3, -0.25) is 4.46 Å². The van der Waals surface area contributed by atoms with Gasteiger partial charge in [0.15, 0.2) is 0 Å². The molecule has 64 valence electrons. The Morgan fingerprint density at radius 2 is 1.00 bits per heavy atom. The smallest absolute Gasteiger partial charge is 0.672 e. The Bertz CT molecular complexity index is 76.6. The van der Waals surface area contributed by atoms with Crippen molar-refractivity contribution in [3.8, 4) is 0 Å². The fourth-order valence-corrected chi connectivity index (χ4v) is 0. The van der Waals surface area contributed by atoms with E-state index in [-0.39, 0.29) is 50.0 Å². The molecule has 0 aliphatic heterocycles. The van der Waals surface area contributed by atoms with Crippen LogP contribution in [0.3, 0.4) is 0 Å². The molecule has 0 saturated carbocycles. The van der Waals surface area contributed by atoms with E-state index in [4.69, 9.17) is 28.1 Å². The van der Waals surface area contributed by atoms with Crippen LogP contribution in [-0.2, 0) is 8.92 Å². The van der Waals surface area contributed by atoms with E-state index in [2.05, 4.69) is 0 Å². The molecule has 0 amide bonds. The van der Waals surface area contributed by atoms with E-state index in [1.807, 2.05) is 0 Å². The van der Waals surface area contributed by atoms with Crippen LogP contribution in [0.5, 0.6) is 0 Å². The molecule has 0 aliphatic carbocycles. The molecule has 0 atom stereocenters. The molecule has 0 radical (unpaired) electrons. The zero-order valence-electron chi connectivity index (χ0n) is 5.65. The second-order valence-electron chi connectivity index (χ2n) is 0.533. The van der Waals surface area contributed by atoms with Crippen molar-refractivity contribution in [1.82, 2.24) is 12.3 Å². The minimum atomic E-state index is -3.63.